The van der Waals surface area contributed by atoms with Crippen molar-refractivity contribution in [2.45, 2.75) is 19.1 Å². The fraction of sp³-hybridized carbons (Fsp3) is 0.385. The summed E-state index contributed by atoms with van der Waals surface area (Å²) < 4.78 is 37.5. The molecule has 0 bridgehead atoms. The molecule has 19 heavy (non-hydrogen) atoms. The summed E-state index contributed by atoms with van der Waals surface area (Å²) in [7, 11) is 0. The van der Waals surface area contributed by atoms with Gasteiger partial charge in [-0.15, -0.1) is 0 Å². The van der Waals surface area contributed by atoms with Crippen LogP contribution >= 0.6 is 11.6 Å². The zero-order valence-electron chi connectivity index (χ0n) is 10.2. The average molecular weight is 291 g/mol. The van der Waals surface area contributed by atoms with E-state index in [0.29, 0.717) is 23.8 Å². The van der Waals surface area contributed by atoms with Crippen molar-refractivity contribution in [2.24, 2.45) is 0 Å². The Hall–Kier alpha value is -1.20. The van der Waals surface area contributed by atoms with Gasteiger partial charge in [-0.2, -0.15) is 13.2 Å². The van der Waals surface area contributed by atoms with Gasteiger partial charge in [0, 0.05) is 35.9 Å². The Kier molecular flexibility index (Phi) is 4.06. The average Bonchev–Trinajstić information content (AvgIpc) is 2.33. The molecule has 0 saturated carbocycles. The number of hydrogen-bond acceptors (Lipinski definition) is 2. The minimum atomic E-state index is -4.21. The van der Waals surface area contributed by atoms with Crippen molar-refractivity contribution in [2.75, 3.05) is 18.8 Å². The number of rotatable bonds is 2. The third kappa shape index (κ3) is 3.64. The molecule has 0 radical (unpaired) electrons. The van der Waals surface area contributed by atoms with Crippen LogP contribution in [-0.2, 0) is 6.54 Å². The second-order valence-corrected chi connectivity index (χ2v) is 4.97. The van der Waals surface area contributed by atoms with E-state index in [4.69, 9.17) is 17.3 Å². The highest BCUT2D eigenvalue weighted by Gasteiger charge is 2.34. The first kappa shape index (κ1) is 14.2. The van der Waals surface area contributed by atoms with Gasteiger partial charge >= 0.3 is 6.18 Å². The highest BCUT2D eigenvalue weighted by atomic mass is 35.5. The first-order valence-corrected chi connectivity index (χ1v) is 6.26. The van der Waals surface area contributed by atoms with E-state index in [1.165, 1.54) is 6.08 Å². The van der Waals surface area contributed by atoms with Gasteiger partial charge in [-0.1, -0.05) is 17.7 Å². The van der Waals surface area contributed by atoms with Crippen LogP contribution in [0.2, 0.25) is 5.02 Å². The molecule has 0 unspecified atom stereocenters. The van der Waals surface area contributed by atoms with Crippen molar-refractivity contribution in [1.29, 1.82) is 0 Å². The lowest BCUT2D eigenvalue weighted by Crippen LogP contribution is -2.31. The van der Waals surface area contributed by atoms with Gasteiger partial charge in [-0.05, 0) is 30.2 Å². The minimum Gasteiger partial charge on any atom is -0.399 e. The number of anilines is 1. The second-order valence-electron chi connectivity index (χ2n) is 4.56. The number of nitrogen functional groups attached to an aromatic ring is 1. The van der Waals surface area contributed by atoms with Crippen LogP contribution in [0.1, 0.15) is 12.0 Å². The van der Waals surface area contributed by atoms with Gasteiger partial charge in [0.05, 0.1) is 0 Å². The van der Waals surface area contributed by atoms with Crippen molar-refractivity contribution in [3.8, 4) is 0 Å². The van der Waals surface area contributed by atoms with Gasteiger partial charge in [0.15, 0.2) is 0 Å². The lowest BCUT2D eigenvalue weighted by atomic mass is 10.1. The normalized spacial score (nSPS) is 17.4. The number of nitrogens with two attached hydrogens (primary N) is 1. The van der Waals surface area contributed by atoms with E-state index >= 15 is 0 Å². The van der Waals surface area contributed by atoms with E-state index < -0.39 is 11.7 Å². The molecule has 2 nitrogen and oxygen atoms in total. The smallest absolute Gasteiger partial charge is 0.399 e. The Balaban J connectivity index is 2.03. The Labute approximate surface area is 114 Å². The van der Waals surface area contributed by atoms with Crippen LogP contribution in [0.5, 0.6) is 0 Å². The van der Waals surface area contributed by atoms with Gasteiger partial charge in [-0.25, -0.2) is 0 Å². The molecule has 6 heteroatoms. The quantitative estimate of drug-likeness (QED) is 0.666. The summed E-state index contributed by atoms with van der Waals surface area (Å²) in [6, 6.07) is 5.15. The highest BCUT2D eigenvalue weighted by molar-refractivity contribution is 6.31. The Bertz CT molecular complexity index is 497. The van der Waals surface area contributed by atoms with Crippen LogP contribution in [0.15, 0.2) is 29.8 Å². The van der Waals surface area contributed by atoms with Gasteiger partial charge in [0.25, 0.3) is 0 Å². The molecular weight excluding hydrogens is 277 g/mol. The molecule has 0 aliphatic carbocycles. The maximum atomic E-state index is 12.5. The molecule has 0 spiro atoms. The van der Waals surface area contributed by atoms with E-state index in [9.17, 15) is 13.2 Å². The molecule has 0 amide bonds. The van der Waals surface area contributed by atoms with Crippen molar-refractivity contribution in [3.63, 3.8) is 0 Å². The molecule has 1 heterocycles. The molecule has 1 aromatic carbocycles. The maximum absolute atomic E-state index is 12.5. The number of halogens is 4. The third-order valence-electron chi connectivity index (χ3n) is 3.12. The fourth-order valence-corrected chi connectivity index (χ4v) is 2.25. The van der Waals surface area contributed by atoms with Gasteiger partial charge in [0.2, 0.25) is 0 Å². The fourth-order valence-electron chi connectivity index (χ4n) is 2.07. The highest BCUT2D eigenvalue weighted by Crippen LogP contribution is 2.31. The van der Waals surface area contributed by atoms with Crippen LogP contribution in [0.25, 0.3) is 0 Å². The molecule has 0 atom stereocenters. The Morgan fingerprint density at radius 3 is 2.63 bits per heavy atom. The lowest BCUT2D eigenvalue weighted by Gasteiger charge is -2.27. The van der Waals surface area contributed by atoms with Crippen molar-refractivity contribution >= 4 is 17.3 Å². The van der Waals surface area contributed by atoms with Crippen LogP contribution in [0.4, 0.5) is 18.9 Å². The van der Waals surface area contributed by atoms with Gasteiger partial charge in [-0.3, -0.25) is 4.90 Å². The van der Waals surface area contributed by atoms with Crippen molar-refractivity contribution < 1.29 is 13.2 Å². The van der Waals surface area contributed by atoms with E-state index in [2.05, 4.69) is 0 Å². The predicted octanol–water partition coefficient (Wildman–Crippen LogP) is 3.62. The summed E-state index contributed by atoms with van der Waals surface area (Å²) in [4.78, 5) is 1.91. The first-order valence-electron chi connectivity index (χ1n) is 5.89. The number of nitrogens with zero attached hydrogens (tertiary/aromatic N) is 1. The molecule has 1 aliphatic heterocycles. The number of benzene rings is 1. The summed E-state index contributed by atoms with van der Waals surface area (Å²) in [5.74, 6) is 0. The summed E-state index contributed by atoms with van der Waals surface area (Å²) in [6.45, 7) is 1.15. The summed E-state index contributed by atoms with van der Waals surface area (Å²) >= 11 is 6.04. The number of hydrogen-bond donors (Lipinski definition) is 1. The van der Waals surface area contributed by atoms with Crippen LogP contribution in [0, 0.1) is 0 Å². The van der Waals surface area contributed by atoms with E-state index in [1.807, 2.05) is 4.90 Å². The van der Waals surface area contributed by atoms with Gasteiger partial charge in [0.1, 0.15) is 0 Å². The largest absolute Gasteiger partial charge is 0.412 e. The van der Waals surface area contributed by atoms with Crippen molar-refractivity contribution in [3.05, 3.63) is 40.4 Å². The second kappa shape index (κ2) is 5.43. The Morgan fingerprint density at radius 2 is 2.05 bits per heavy atom. The Morgan fingerprint density at radius 1 is 1.32 bits per heavy atom. The molecule has 104 valence electrons. The predicted molar refractivity (Wildman–Crippen MR) is 69.9 cm³/mol. The van der Waals surface area contributed by atoms with E-state index in [0.717, 1.165) is 5.56 Å². The third-order valence-corrected chi connectivity index (χ3v) is 3.49. The molecular formula is C13H14ClF3N2. The zero-order valence-corrected chi connectivity index (χ0v) is 10.9. The monoisotopic (exact) mass is 290 g/mol. The lowest BCUT2D eigenvalue weighted by molar-refractivity contribution is -0.0960. The molecule has 0 aromatic heterocycles. The first-order chi connectivity index (χ1) is 8.86. The maximum Gasteiger partial charge on any atom is 0.412 e. The molecule has 0 saturated heterocycles. The molecule has 2 N–H and O–H groups in total. The topological polar surface area (TPSA) is 29.3 Å². The van der Waals surface area contributed by atoms with Crippen LogP contribution < -0.4 is 5.73 Å². The van der Waals surface area contributed by atoms with Crippen molar-refractivity contribution in [1.82, 2.24) is 4.90 Å². The van der Waals surface area contributed by atoms with Crippen LogP contribution in [0.3, 0.4) is 0 Å². The summed E-state index contributed by atoms with van der Waals surface area (Å²) in [6.07, 6.45) is -2.95. The minimum absolute atomic E-state index is 0.0173. The number of alkyl halides is 3. The molecule has 1 aliphatic rings. The summed E-state index contributed by atoms with van der Waals surface area (Å²) in [5, 5.41) is 0.583. The standard InChI is InChI=1S/C13H14ClF3N2/c14-12-2-1-11(18)7-9(12)8-19-5-3-10(4-6-19)13(15,16)17/h1-3,7H,4-6,8,18H2. The van der Waals surface area contributed by atoms with Crippen LogP contribution in [-0.4, -0.2) is 24.2 Å². The zero-order chi connectivity index (χ0) is 14.0. The SMILES string of the molecule is Nc1ccc(Cl)c(CN2CC=C(C(F)(F)F)CC2)c1. The molecule has 2 rings (SSSR count). The van der Waals surface area contributed by atoms with E-state index in [1.54, 1.807) is 18.2 Å². The van der Waals surface area contributed by atoms with E-state index in [-0.39, 0.29) is 13.0 Å². The summed E-state index contributed by atoms with van der Waals surface area (Å²) in [5.41, 5.74) is 6.67. The molecule has 1 aromatic rings. The molecule has 0 fully saturated rings. The van der Waals surface area contributed by atoms with Gasteiger partial charge < -0.3 is 5.73 Å².